The summed E-state index contributed by atoms with van der Waals surface area (Å²) in [6, 6.07) is 15.8. The van der Waals surface area contributed by atoms with Gasteiger partial charge < -0.3 is 14.8 Å². The number of ether oxygens (including phenoxy) is 2. The Kier molecular flexibility index (Phi) is 7.37. The second kappa shape index (κ2) is 10.00. The molecule has 31 heavy (non-hydrogen) atoms. The summed E-state index contributed by atoms with van der Waals surface area (Å²) in [5, 5.41) is 8.72. The number of primary sulfonamides is 1. The zero-order valence-electron chi connectivity index (χ0n) is 16.8. The minimum atomic E-state index is -3.74. The van der Waals surface area contributed by atoms with Gasteiger partial charge in [0, 0.05) is 28.9 Å². The quantitative estimate of drug-likeness (QED) is 0.478. The van der Waals surface area contributed by atoms with Crippen LogP contribution in [-0.2, 0) is 23.2 Å². The molecule has 0 bridgehead atoms. The molecule has 0 radical (unpaired) electrons. The summed E-state index contributed by atoms with van der Waals surface area (Å²) < 4.78 is 48.0. The first-order valence-corrected chi connectivity index (χ1v) is 11.4. The first-order chi connectivity index (χ1) is 14.8. The van der Waals surface area contributed by atoms with Crippen molar-refractivity contribution in [3.05, 3.63) is 82.6 Å². The van der Waals surface area contributed by atoms with E-state index in [-0.39, 0.29) is 17.3 Å². The average molecular weight is 465 g/mol. The second-order valence-corrected chi connectivity index (χ2v) is 8.60. The predicted molar refractivity (Wildman–Crippen MR) is 118 cm³/mol. The van der Waals surface area contributed by atoms with Crippen molar-refractivity contribution in [2.45, 2.75) is 25.0 Å². The molecule has 0 aliphatic rings. The van der Waals surface area contributed by atoms with Gasteiger partial charge in [-0.15, -0.1) is 0 Å². The summed E-state index contributed by atoms with van der Waals surface area (Å²) >= 11 is 6.42. The van der Waals surface area contributed by atoms with Gasteiger partial charge in [-0.05, 0) is 48.9 Å². The van der Waals surface area contributed by atoms with Gasteiger partial charge in [-0.25, -0.2) is 17.9 Å². The van der Waals surface area contributed by atoms with Crippen LogP contribution in [0, 0.1) is 5.82 Å². The minimum absolute atomic E-state index is 0.0334. The third-order valence-electron chi connectivity index (χ3n) is 4.42. The summed E-state index contributed by atoms with van der Waals surface area (Å²) in [5.74, 6) is 0.557. The Balaban J connectivity index is 1.74. The zero-order chi connectivity index (χ0) is 22.4. The molecule has 3 N–H and O–H groups in total. The van der Waals surface area contributed by atoms with Gasteiger partial charge >= 0.3 is 0 Å². The summed E-state index contributed by atoms with van der Waals surface area (Å²) in [7, 11) is -3.74. The van der Waals surface area contributed by atoms with E-state index in [0.29, 0.717) is 40.9 Å². The number of halogens is 2. The smallest absolute Gasteiger partial charge is 0.238 e. The predicted octanol–water partition coefficient (Wildman–Crippen LogP) is 4.72. The van der Waals surface area contributed by atoms with Crippen LogP contribution >= 0.6 is 11.6 Å². The highest BCUT2D eigenvalue weighted by atomic mass is 35.5. The Bertz CT molecular complexity index is 1150. The van der Waals surface area contributed by atoms with Gasteiger partial charge in [0.15, 0.2) is 11.5 Å². The van der Waals surface area contributed by atoms with E-state index in [9.17, 15) is 12.8 Å². The molecule has 0 heterocycles. The molecule has 9 heteroatoms. The van der Waals surface area contributed by atoms with Gasteiger partial charge in [0.05, 0.1) is 11.5 Å². The lowest BCUT2D eigenvalue weighted by Crippen LogP contribution is -2.12. The molecule has 0 saturated heterocycles. The molecule has 0 fully saturated rings. The molecule has 0 aliphatic heterocycles. The lowest BCUT2D eigenvalue weighted by Gasteiger charge is -2.16. The molecule has 164 valence electrons. The largest absolute Gasteiger partial charge is 0.490 e. The Morgan fingerprint density at radius 1 is 1.00 bits per heavy atom. The second-order valence-electron chi connectivity index (χ2n) is 6.63. The molecule has 0 spiro atoms. The number of hydrogen-bond acceptors (Lipinski definition) is 5. The molecule has 3 aromatic carbocycles. The molecule has 0 aromatic heterocycles. The molecule has 3 rings (SSSR count). The standard InChI is InChI=1S/C22H22ClFN2O4S/c1-2-29-21-11-16(13-26-17-7-9-18(10-8-17)31(25,27)28)19(23)12-22(21)30-14-15-5-3-4-6-20(15)24/h3-12,26H,2,13-14H2,1H3,(H2,25,27,28). The zero-order valence-corrected chi connectivity index (χ0v) is 18.3. The Labute approximate surface area is 185 Å². The van der Waals surface area contributed by atoms with E-state index >= 15 is 0 Å². The highest BCUT2D eigenvalue weighted by molar-refractivity contribution is 7.89. The molecular weight excluding hydrogens is 443 g/mol. The van der Waals surface area contributed by atoms with Crippen LogP contribution in [0.3, 0.4) is 0 Å². The molecule has 0 unspecified atom stereocenters. The molecular formula is C22H22ClFN2O4S. The van der Waals surface area contributed by atoms with E-state index in [1.807, 2.05) is 6.92 Å². The summed E-state index contributed by atoms with van der Waals surface area (Å²) in [4.78, 5) is 0.0334. The number of benzene rings is 3. The monoisotopic (exact) mass is 464 g/mol. The van der Waals surface area contributed by atoms with Crippen molar-refractivity contribution in [1.29, 1.82) is 0 Å². The lowest BCUT2D eigenvalue weighted by atomic mass is 10.2. The van der Waals surface area contributed by atoms with Crippen molar-refractivity contribution in [1.82, 2.24) is 0 Å². The normalized spacial score (nSPS) is 11.2. The third-order valence-corrected chi connectivity index (χ3v) is 5.70. The Morgan fingerprint density at radius 2 is 1.68 bits per heavy atom. The Morgan fingerprint density at radius 3 is 2.32 bits per heavy atom. The number of sulfonamides is 1. The molecule has 0 saturated carbocycles. The van der Waals surface area contributed by atoms with Crippen molar-refractivity contribution in [2.75, 3.05) is 11.9 Å². The van der Waals surface area contributed by atoms with Crippen LogP contribution in [0.4, 0.5) is 10.1 Å². The first kappa shape index (κ1) is 22.9. The summed E-state index contributed by atoms with van der Waals surface area (Å²) in [6.07, 6.45) is 0. The number of rotatable bonds is 9. The highest BCUT2D eigenvalue weighted by Gasteiger charge is 2.13. The first-order valence-electron chi connectivity index (χ1n) is 9.46. The van der Waals surface area contributed by atoms with E-state index in [1.54, 1.807) is 42.5 Å². The van der Waals surface area contributed by atoms with Gasteiger partial charge in [0.25, 0.3) is 0 Å². The molecule has 0 amide bonds. The molecule has 3 aromatic rings. The van der Waals surface area contributed by atoms with Crippen LogP contribution < -0.4 is 19.9 Å². The number of nitrogens with two attached hydrogens (primary N) is 1. The minimum Gasteiger partial charge on any atom is -0.490 e. The van der Waals surface area contributed by atoms with Crippen molar-refractivity contribution in [3.63, 3.8) is 0 Å². The van der Waals surface area contributed by atoms with Gasteiger partial charge in [0.1, 0.15) is 12.4 Å². The van der Waals surface area contributed by atoms with Crippen LogP contribution in [0.25, 0.3) is 0 Å². The van der Waals surface area contributed by atoms with Crippen LogP contribution in [0.15, 0.2) is 65.6 Å². The fourth-order valence-electron chi connectivity index (χ4n) is 2.82. The van der Waals surface area contributed by atoms with Crippen LogP contribution in [0.2, 0.25) is 5.02 Å². The maximum atomic E-state index is 13.9. The van der Waals surface area contributed by atoms with Crippen LogP contribution in [0.1, 0.15) is 18.1 Å². The molecule has 6 nitrogen and oxygen atoms in total. The fraction of sp³-hybridized carbons (Fsp3) is 0.182. The number of nitrogens with one attached hydrogen (secondary N) is 1. The maximum absolute atomic E-state index is 13.9. The number of hydrogen-bond donors (Lipinski definition) is 2. The highest BCUT2D eigenvalue weighted by Crippen LogP contribution is 2.34. The van der Waals surface area contributed by atoms with Gasteiger partial charge in [-0.1, -0.05) is 29.8 Å². The van der Waals surface area contributed by atoms with E-state index in [4.69, 9.17) is 26.2 Å². The van der Waals surface area contributed by atoms with Gasteiger partial charge in [0.2, 0.25) is 10.0 Å². The average Bonchev–Trinajstić information content (AvgIpc) is 2.73. The van der Waals surface area contributed by atoms with Crippen molar-refractivity contribution in [2.24, 2.45) is 5.14 Å². The van der Waals surface area contributed by atoms with E-state index in [2.05, 4.69) is 5.32 Å². The van der Waals surface area contributed by atoms with Crippen molar-refractivity contribution in [3.8, 4) is 11.5 Å². The van der Waals surface area contributed by atoms with Crippen LogP contribution in [0.5, 0.6) is 11.5 Å². The van der Waals surface area contributed by atoms with Crippen LogP contribution in [-0.4, -0.2) is 15.0 Å². The molecule has 0 atom stereocenters. The summed E-state index contributed by atoms with van der Waals surface area (Å²) in [5.41, 5.74) is 1.87. The van der Waals surface area contributed by atoms with Gasteiger partial charge in [-0.2, -0.15) is 0 Å². The Hall–Kier alpha value is -2.81. The third kappa shape index (κ3) is 6.10. The molecule has 0 aliphatic carbocycles. The summed E-state index contributed by atoms with van der Waals surface area (Å²) in [6.45, 7) is 2.66. The van der Waals surface area contributed by atoms with Crippen molar-refractivity contribution < 1.29 is 22.3 Å². The van der Waals surface area contributed by atoms with E-state index in [1.165, 1.54) is 18.2 Å². The van der Waals surface area contributed by atoms with E-state index in [0.717, 1.165) is 5.56 Å². The maximum Gasteiger partial charge on any atom is 0.238 e. The van der Waals surface area contributed by atoms with Gasteiger partial charge in [-0.3, -0.25) is 0 Å². The topological polar surface area (TPSA) is 90.6 Å². The SMILES string of the molecule is CCOc1cc(CNc2ccc(S(N)(=O)=O)cc2)c(Cl)cc1OCc1ccccc1F. The van der Waals surface area contributed by atoms with E-state index < -0.39 is 10.0 Å². The fourth-order valence-corrected chi connectivity index (χ4v) is 3.56. The lowest BCUT2D eigenvalue weighted by molar-refractivity contribution is 0.265. The number of anilines is 1. The van der Waals surface area contributed by atoms with Crippen molar-refractivity contribution >= 4 is 27.3 Å².